The van der Waals surface area contributed by atoms with Crippen molar-refractivity contribution in [3.8, 4) is 5.75 Å². The molecule has 1 radical (unpaired) electrons. The number of allylic oxidation sites excluding steroid dienone is 2. The summed E-state index contributed by atoms with van der Waals surface area (Å²) < 4.78 is 1.31. The summed E-state index contributed by atoms with van der Waals surface area (Å²) in [7, 11) is 0. The fourth-order valence-corrected chi connectivity index (χ4v) is 6.05. The molecule has 4 heteroatoms. The number of hydrogen-bond acceptors (Lipinski definition) is 2. The minimum Gasteiger partial charge on any atom is -0.507 e. The molecule has 0 aliphatic heterocycles. The fraction of sp³-hybridized carbons (Fsp3) is 0.385. The Bertz CT molecular complexity index is 996. The van der Waals surface area contributed by atoms with Crippen LogP contribution in [0.15, 0.2) is 53.0 Å². The fourth-order valence-electron chi connectivity index (χ4n) is 4.55. The molecule has 4 rings (SSSR count). The quantitative estimate of drug-likeness (QED) is 0.277. The molecule has 1 aliphatic rings. The Hall–Kier alpha value is -0.476. The molecule has 0 bridgehead atoms. The number of phenolic OH excluding ortho intramolecular Hbond substituents is 1. The van der Waals surface area contributed by atoms with E-state index in [9.17, 15) is 5.11 Å². The summed E-state index contributed by atoms with van der Waals surface area (Å²) in [6, 6.07) is 15.1. The normalized spacial score (nSPS) is 18.4. The molecule has 1 heterocycles. The number of halogens is 1. The van der Waals surface area contributed by atoms with Gasteiger partial charge in [0.25, 0.3) is 0 Å². The van der Waals surface area contributed by atoms with Crippen molar-refractivity contribution in [2.45, 2.75) is 57.8 Å². The number of rotatable bonds is 8. The maximum Gasteiger partial charge on any atom is 0.126 e. The van der Waals surface area contributed by atoms with Crippen molar-refractivity contribution >= 4 is 38.0 Å². The second-order valence-corrected chi connectivity index (χ2v) is 10.0. The van der Waals surface area contributed by atoms with Gasteiger partial charge in [-0.15, -0.1) is 10.3 Å². The Kier molecular flexibility index (Phi) is 9.19. The molecule has 30 heavy (non-hydrogen) atoms. The summed E-state index contributed by atoms with van der Waals surface area (Å²) in [5, 5.41) is 16.0. The number of unbranched alkanes of at least 4 members (excludes halogenated alkanes) is 1. The smallest absolute Gasteiger partial charge is 0.126 e. The molecule has 0 saturated heterocycles. The molecule has 2 atom stereocenters. The maximum absolute atomic E-state index is 10.7. The molecule has 0 amide bonds. The zero-order chi connectivity index (χ0) is 20.2. The summed E-state index contributed by atoms with van der Waals surface area (Å²) in [5.74, 6) is 1.53. The van der Waals surface area contributed by atoms with Crippen molar-refractivity contribution in [3.63, 3.8) is 0 Å². The summed E-state index contributed by atoms with van der Waals surface area (Å²) in [6.45, 7) is 2.19. The molecular weight excluding hydrogens is 529 g/mol. The van der Waals surface area contributed by atoms with E-state index >= 15 is 0 Å². The van der Waals surface area contributed by atoms with Gasteiger partial charge in [-0.25, -0.2) is 6.07 Å². The zero-order valence-corrected chi connectivity index (χ0v) is 22.8. The van der Waals surface area contributed by atoms with E-state index in [2.05, 4.69) is 70.7 Å². The molecule has 1 aliphatic carbocycles. The number of thiophene rings is 1. The Morgan fingerprint density at radius 2 is 2.00 bits per heavy atom. The number of aryl methyl sites for hydroxylation is 2. The van der Waals surface area contributed by atoms with Crippen molar-refractivity contribution in [1.82, 2.24) is 0 Å². The first-order valence-electron chi connectivity index (χ1n) is 10.7. The van der Waals surface area contributed by atoms with Crippen LogP contribution in [0.3, 0.4) is 0 Å². The van der Waals surface area contributed by atoms with Crippen LogP contribution >= 0.6 is 27.3 Å². The van der Waals surface area contributed by atoms with E-state index in [0.717, 1.165) is 48.4 Å². The first-order chi connectivity index (χ1) is 14.2. The number of phenols is 1. The van der Waals surface area contributed by atoms with Gasteiger partial charge in [0.05, 0.1) is 0 Å². The largest absolute Gasteiger partial charge is 0.507 e. The zero-order valence-electron chi connectivity index (χ0n) is 17.5. The Labute approximate surface area is 218 Å². The molecule has 0 spiro atoms. The summed E-state index contributed by atoms with van der Waals surface area (Å²) in [4.78, 5) is 1.44. The molecule has 155 valence electrons. The van der Waals surface area contributed by atoms with Crippen molar-refractivity contribution in [3.05, 3.63) is 74.4 Å². The Morgan fingerprint density at radius 1 is 1.13 bits per heavy atom. The summed E-state index contributed by atoms with van der Waals surface area (Å²) in [6.07, 6.45) is 10.3. The van der Waals surface area contributed by atoms with Crippen LogP contribution in [0.25, 0.3) is 10.8 Å². The van der Waals surface area contributed by atoms with Gasteiger partial charge in [-0.1, -0.05) is 78.5 Å². The van der Waals surface area contributed by atoms with Crippen LogP contribution in [-0.2, 0) is 45.6 Å². The van der Waals surface area contributed by atoms with Gasteiger partial charge in [0.2, 0.25) is 0 Å². The third-order valence-corrected chi connectivity index (χ3v) is 7.84. The molecule has 0 fully saturated rings. The van der Waals surface area contributed by atoms with Crippen molar-refractivity contribution in [2.24, 2.45) is 5.92 Å². The molecule has 3 aromatic rings. The average Bonchev–Trinajstić information content (AvgIpc) is 3.37. The SMILES string of the molecule is CCCCc1ccc2cc(C3C(Br)=CC[C@@H]3CCCc3cc[c-]s3)ccc2c1O.[Y]. The van der Waals surface area contributed by atoms with Crippen LogP contribution in [0.1, 0.15) is 60.9 Å². The van der Waals surface area contributed by atoms with Crippen LogP contribution in [0.2, 0.25) is 0 Å². The molecule has 0 saturated carbocycles. The van der Waals surface area contributed by atoms with Crippen molar-refractivity contribution in [2.75, 3.05) is 0 Å². The predicted octanol–water partition coefficient (Wildman–Crippen LogP) is 8.15. The first-order valence-corrected chi connectivity index (χ1v) is 12.3. The van der Waals surface area contributed by atoms with Gasteiger partial charge in [-0.2, -0.15) is 6.07 Å². The molecular formula is C26H28BrOSY-. The van der Waals surface area contributed by atoms with Gasteiger partial charge >= 0.3 is 0 Å². The van der Waals surface area contributed by atoms with Gasteiger partial charge in [0, 0.05) is 44.0 Å². The monoisotopic (exact) mass is 556 g/mol. The second kappa shape index (κ2) is 11.4. The van der Waals surface area contributed by atoms with Gasteiger partial charge in [-0.3, -0.25) is 0 Å². The van der Waals surface area contributed by atoms with Gasteiger partial charge in [0.1, 0.15) is 5.75 Å². The molecule has 1 unspecified atom stereocenters. The third kappa shape index (κ3) is 5.47. The van der Waals surface area contributed by atoms with Crippen molar-refractivity contribution in [1.29, 1.82) is 0 Å². The Balaban J connectivity index is 0.00000256. The van der Waals surface area contributed by atoms with Crippen LogP contribution in [-0.4, -0.2) is 5.11 Å². The first kappa shape index (κ1) is 24.2. The van der Waals surface area contributed by atoms with Gasteiger partial charge in [0.15, 0.2) is 0 Å². The van der Waals surface area contributed by atoms with E-state index in [1.807, 2.05) is 6.07 Å². The van der Waals surface area contributed by atoms with E-state index < -0.39 is 0 Å². The van der Waals surface area contributed by atoms with Crippen LogP contribution < -0.4 is 0 Å². The molecule has 1 nitrogen and oxygen atoms in total. The van der Waals surface area contributed by atoms with Crippen LogP contribution in [0.5, 0.6) is 5.75 Å². The van der Waals surface area contributed by atoms with Gasteiger partial charge in [-0.05, 0) is 52.6 Å². The number of fused-ring (bicyclic) bond motifs is 1. The number of benzene rings is 2. The molecule has 1 aromatic heterocycles. The molecule has 2 aromatic carbocycles. The maximum atomic E-state index is 10.7. The number of aromatic hydroxyl groups is 1. The van der Waals surface area contributed by atoms with Crippen molar-refractivity contribution < 1.29 is 37.8 Å². The topological polar surface area (TPSA) is 20.2 Å². The van der Waals surface area contributed by atoms with Crippen LogP contribution in [0.4, 0.5) is 0 Å². The van der Waals surface area contributed by atoms with E-state index in [4.69, 9.17) is 0 Å². The number of hydrogen-bond donors (Lipinski definition) is 1. The minimum absolute atomic E-state index is 0. The predicted molar refractivity (Wildman–Crippen MR) is 128 cm³/mol. The second-order valence-electron chi connectivity index (χ2n) is 8.13. The average molecular weight is 557 g/mol. The Morgan fingerprint density at radius 3 is 2.77 bits per heavy atom. The van der Waals surface area contributed by atoms with E-state index in [1.165, 1.54) is 27.8 Å². The van der Waals surface area contributed by atoms with E-state index in [1.54, 1.807) is 11.3 Å². The van der Waals surface area contributed by atoms with Crippen LogP contribution in [0, 0.1) is 11.3 Å². The standard InChI is InChI=1S/C26H28BrOS.Y/c1-2-3-6-19-10-11-20-17-21(12-14-23(20)26(19)28)25-18(13-15-24(25)27)7-4-8-22-9-5-16-29-22;/h5,9-12,14-15,17-18,25,28H,2-4,6-8,13H2,1H3;/q-1;/t18-,25?;/m0./s1. The summed E-state index contributed by atoms with van der Waals surface area (Å²) >= 11 is 5.58. The van der Waals surface area contributed by atoms with Gasteiger partial charge < -0.3 is 16.4 Å². The summed E-state index contributed by atoms with van der Waals surface area (Å²) in [5.41, 5.74) is 2.42. The van der Waals surface area contributed by atoms with E-state index in [0.29, 0.717) is 17.6 Å². The minimum atomic E-state index is 0. The third-order valence-electron chi connectivity index (χ3n) is 6.17. The van der Waals surface area contributed by atoms with E-state index in [-0.39, 0.29) is 32.7 Å². The molecule has 1 N–H and O–H groups in total.